The third-order valence-electron chi connectivity index (χ3n) is 7.21. The lowest BCUT2D eigenvalue weighted by atomic mass is 10.0. The summed E-state index contributed by atoms with van der Waals surface area (Å²) in [5.41, 5.74) is 1.61. The molecule has 242 valence electrons. The van der Waals surface area contributed by atoms with Crippen molar-refractivity contribution in [1.82, 2.24) is 10.2 Å². The Morgan fingerprint density at radius 3 is 2.15 bits per heavy atom. The van der Waals surface area contributed by atoms with Gasteiger partial charge in [-0.2, -0.15) is 0 Å². The topological polar surface area (TPSA) is 86.8 Å². The van der Waals surface area contributed by atoms with Crippen molar-refractivity contribution in [2.75, 3.05) is 17.4 Å². The van der Waals surface area contributed by atoms with Crippen molar-refractivity contribution in [2.24, 2.45) is 0 Å². The first kappa shape index (κ1) is 35.6. The third kappa shape index (κ3) is 9.39. The van der Waals surface area contributed by atoms with Gasteiger partial charge in [-0.3, -0.25) is 13.9 Å². The van der Waals surface area contributed by atoms with Crippen molar-refractivity contribution < 1.29 is 18.0 Å². The number of unbranched alkanes of at least 4 members (excludes halogenated alkanes) is 1. The van der Waals surface area contributed by atoms with Crippen molar-refractivity contribution in [1.29, 1.82) is 0 Å². The molecule has 7 nitrogen and oxygen atoms in total. The number of nitrogens with one attached hydrogen (secondary N) is 1. The maximum Gasteiger partial charge on any atom is 0.264 e. The first-order valence-corrected chi connectivity index (χ1v) is 17.5. The molecule has 0 aliphatic carbocycles. The molecular formula is C34H33Cl4N3O4S. The summed E-state index contributed by atoms with van der Waals surface area (Å²) in [7, 11) is -4.29. The summed E-state index contributed by atoms with van der Waals surface area (Å²) >= 11 is 24.8. The first-order valence-electron chi connectivity index (χ1n) is 14.6. The van der Waals surface area contributed by atoms with Crippen LogP contribution in [-0.2, 0) is 32.6 Å². The summed E-state index contributed by atoms with van der Waals surface area (Å²) in [6, 6.07) is 25.1. The van der Waals surface area contributed by atoms with Crippen LogP contribution in [-0.4, -0.2) is 44.3 Å². The number of rotatable bonds is 14. The number of halogens is 4. The fourth-order valence-electron chi connectivity index (χ4n) is 4.79. The van der Waals surface area contributed by atoms with E-state index in [-0.39, 0.29) is 39.5 Å². The zero-order valence-corrected chi connectivity index (χ0v) is 28.8. The molecule has 0 aliphatic rings. The Kier molecular flexibility index (Phi) is 12.8. The number of carbonyl (C=O) groups is 2. The van der Waals surface area contributed by atoms with Crippen molar-refractivity contribution >= 4 is 73.9 Å². The number of carbonyl (C=O) groups excluding carboxylic acids is 2. The SMILES string of the molecule is CCCCNC(=O)[C@H](Cc1ccccc1)N(Cc1ccc(Cl)c(Cl)c1)C(=O)CN(c1cccc(Cl)c1)S(=O)(=O)c1ccc(Cl)cc1. The second-order valence-electron chi connectivity index (χ2n) is 10.6. The monoisotopic (exact) mass is 719 g/mol. The number of amides is 2. The third-order valence-corrected chi connectivity index (χ3v) is 10.2. The molecule has 0 radical (unpaired) electrons. The van der Waals surface area contributed by atoms with Crippen LogP contribution in [0.25, 0.3) is 0 Å². The summed E-state index contributed by atoms with van der Waals surface area (Å²) < 4.78 is 29.1. The second kappa shape index (κ2) is 16.5. The van der Waals surface area contributed by atoms with Gasteiger partial charge >= 0.3 is 0 Å². The van der Waals surface area contributed by atoms with Crippen molar-refractivity contribution in [3.05, 3.63) is 128 Å². The molecule has 0 fully saturated rings. The van der Waals surface area contributed by atoms with Crippen LogP contribution in [0.1, 0.15) is 30.9 Å². The fraction of sp³-hybridized carbons (Fsp3) is 0.235. The van der Waals surface area contributed by atoms with Gasteiger partial charge in [-0.05, 0) is 72.1 Å². The van der Waals surface area contributed by atoms with E-state index in [9.17, 15) is 18.0 Å². The average molecular weight is 722 g/mol. The highest BCUT2D eigenvalue weighted by Gasteiger charge is 2.34. The highest BCUT2D eigenvalue weighted by molar-refractivity contribution is 7.92. The molecule has 1 N–H and O–H groups in total. The van der Waals surface area contributed by atoms with Crippen LogP contribution in [0.5, 0.6) is 0 Å². The van der Waals surface area contributed by atoms with Crippen molar-refractivity contribution in [3.63, 3.8) is 0 Å². The maximum absolute atomic E-state index is 14.5. The molecule has 1 atom stereocenters. The molecule has 12 heteroatoms. The minimum Gasteiger partial charge on any atom is -0.354 e. The summed E-state index contributed by atoms with van der Waals surface area (Å²) in [6.07, 6.45) is 1.81. The van der Waals surface area contributed by atoms with E-state index in [1.807, 2.05) is 37.3 Å². The zero-order chi connectivity index (χ0) is 33.3. The smallest absolute Gasteiger partial charge is 0.264 e. The summed E-state index contributed by atoms with van der Waals surface area (Å²) in [5.74, 6) is -0.976. The summed E-state index contributed by atoms with van der Waals surface area (Å²) in [5, 5.41) is 4.22. The molecule has 0 bridgehead atoms. The molecule has 0 aromatic heterocycles. The number of sulfonamides is 1. The minimum absolute atomic E-state index is 0.0429. The highest BCUT2D eigenvalue weighted by atomic mass is 35.5. The summed E-state index contributed by atoms with van der Waals surface area (Å²) in [6.45, 7) is 1.77. The lowest BCUT2D eigenvalue weighted by Crippen LogP contribution is -2.53. The van der Waals surface area contributed by atoms with E-state index >= 15 is 0 Å². The van der Waals surface area contributed by atoms with Gasteiger partial charge in [0.2, 0.25) is 11.8 Å². The van der Waals surface area contributed by atoms with E-state index in [2.05, 4.69) is 5.32 Å². The lowest BCUT2D eigenvalue weighted by Gasteiger charge is -2.34. The largest absolute Gasteiger partial charge is 0.354 e. The zero-order valence-electron chi connectivity index (χ0n) is 25.0. The second-order valence-corrected chi connectivity index (χ2v) is 14.1. The van der Waals surface area contributed by atoms with Gasteiger partial charge in [-0.15, -0.1) is 0 Å². The Bertz CT molecular complexity index is 1760. The Hall–Kier alpha value is -3.27. The molecule has 0 saturated carbocycles. The van der Waals surface area contributed by atoms with Crippen LogP contribution in [0, 0.1) is 0 Å². The van der Waals surface area contributed by atoms with E-state index in [0.29, 0.717) is 22.2 Å². The van der Waals surface area contributed by atoms with Crippen molar-refractivity contribution in [3.8, 4) is 0 Å². The normalized spacial score (nSPS) is 11.9. The van der Waals surface area contributed by atoms with Crippen LogP contribution in [0.15, 0.2) is 102 Å². The molecule has 4 rings (SSSR count). The minimum atomic E-state index is -4.29. The lowest BCUT2D eigenvalue weighted by molar-refractivity contribution is -0.140. The van der Waals surface area contributed by atoms with Gasteiger partial charge in [0.1, 0.15) is 12.6 Å². The summed E-state index contributed by atoms with van der Waals surface area (Å²) in [4.78, 5) is 29.6. The van der Waals surface area contributed by atoms with Gasteiger partial charge in [-0.1, -0.05) is 102 Å². The predicted molar refractivity (Wildman–Crippen MR) is 186 cm³/mol. The number of nitrogens with zero attached hydrogens (tertiary/aromatic N) is 2. The van der Waals surface area contributed by atoms with E-state index in [1.165, 1.54) is 35.2 Å². The van der Waals surface area contributed by atoms with Gasteiger partial charge in [0, 0.05) is 29.6 Å². The van der Waals surface area contributed by atoms with Gasteiger partial charge in [0.25, 0.3) is 10.0 Å². The van der Waals surface area contributed by atoms with Gasteiger partial charge in [0.15, 0.2) is 0 Å². The molecular weight excluding hydrogens is 688 g/mol. The number of anilines is 1. The molecule has 0 spiro atoms. The molecule has 0 saturated heterocycles. The van der Waals surface area contributed by atoms with Crippen LogP contribution in [0.3, 0.4) is 0 Å². The van der Waals surface area contributed by atoms with Crippen molar-refractivity contribution in [2.45, 2.75) is 43.7 Å². The van der Waals surface area contributed by atoms with Crippen LogP contribution < -0.4 is 9.62 Å². The molecule has 2 amide bonds. The molecule has 46 heavy (non-hydrogen) atoms. The molecule has 0 aliphatic heterocycles. The van der Waals surface area contributed by atoms with E-state index < -0.39 is 28.5 Å². The van der Waals surface area contributed by atoms with Gasteiger partial charge in [0.05, 0.1) is 20.6 Å². The van der Waals surface area contributed by atoms with E-state index in [0.717, 1.165) is 22.7 Å². The predicted octanol–water partition coefficient (Wildman–Crippen LogP) is 8.05. The Balaban J connectivity index is 1.80. The molecule has 0 heterocycles. The van der Waals surface area contributed by atoms with Gasteiger partial charge in [-0.25, -0.2) is 8.42 Å². The standard InChI is InChI=1S/C34H33Cl4N3O4S/c1-2-3-18-39-34(43)32(20-24-8-5-4-6-9-24)40(22-25-12-17-30(37)31(38)19-25)33(42)23-41(28-11-7-10-27(36)21-28)46(44,45)29-15-13-26(35)14-16-29/h4-17,19,21,32H,2-3,18,20,22-23H2,1H3,(H,39,43)/t32-/m0/s1. The van der Waals surface area contributed by atoms with Crippen LogP contribution in [0.2, 0.25) is 20.1 Å². The number of benzene rings is 4. The number of hydrogen-bond acceptors (Lipinski definition) is 4. The average Bonchev–Trinajstić information content (AvgIpc) is 3.03. The van der Waals surface area contributed by atoms with E-state index in [1.54, 1.807) is 36.4 Å². The quantitative estimate of drug-likeness (QED) is 0.134. The van der Waals surface area contributed by atoms with Gasteiger partial charge < -0.3 is 10.2 Å². The molecule has 4 aromatic carbocycles. The Morgan fingerprint density at radius 2 is 1.50 bits per heavy atom. The van der Waals surface area contributed by atoms with E-state index in [4.69, 9.17) is 46.4 Å². The Labute approximate surface area is 290 Å². The Morgan fingerprint density at radius 1 is 0.783 bits per heavy atom. The fourth-order valence-corrected chi connectivity index (χ4v) is 6.83. The highest BCUT2D eigenvalue weighted by Crippen LogP contribution is 2.29. The molecule has 4 aromatic rings. The van der Waals surface area contributed by atoms with Crippen LogP contribution in [0.4, 0.5) is 5.69 Å². The maximum atomic E-state index is 14.5. The first-order chi connectivity index (χ1) is 22.0. The number of hydrogen-bond donors (Lipinski definition) is 1. The van der Waals surface area contributed by atoms with Crippen LogP contribution >= 0.6 is 46.4 Å². The molecule has 0 unspecified atom stereocenters.